The van der Waals surface area contributed by atoms with Gasteiger partial charge in [0.1, 0.15) is 5.82 Å². The summed E-state index contributed by atoms with van der Waals surface area (Å²) in [5, 5.41) is 0. The molecule has 1 atom stereocenters. The molecule has 0 fully saturated rings. The Morgan fingerprint density at radius 1 is 1.11 bits per heavy atom. The third kappa shape index (κ3) is 3.32. The topological polar surface area (TPSA) is 29.3 Å². The van der Waals surface area contributed by atoms with Crippen LogP contribution in [0.15, 0.2) is 48.5 Å². The number of nitrogens with zero attached hydrogens (tertiary/aromatic N) is 1. The van der Waals surface area contributed by atoms with Gasteiger partial charge in [-0.25, -0.2) is 4.39 Å². The highest BCUT2D eigenvalue weighted by atomic mass is 19.1. The molecule has 0 spiro atoms. The summed E-state index contributed by atoms with van der Waals surface area (Å²) in [5.74, 6) is -0.243. The maximum Gasteiger partial charge on any atom is 0.128 e. The van der Waals surface area contributed by atoms with Crippen molar-refractivity contribution in [3.05, 3.63) is 65.5 Å². The number of aryl methyl sites for hydroxylation is 1. The summed E-state index contributed by atoms with van der Waals surface area (Å²) in [7, 11) is 1.96. The predicted molar refractivity (Wildman–Crippen MR) is 77.8 cm³/mol. The summed E-state index contributed by atoms with van der Waals surface area (Å²) in [6.45, 7) is 2.62. The quantitative estimate of drug-likeness (QED) is 0.912. The van der Waals surface area contributed by atoms with Crippen LogP contribution in [0, 0.1) is 12.7 Å². The highest BCUT2D eigenvalue weighted by molar-refractivity contribution is 5.47. The Morgan fingerprint density at radius 2 is 1.74 bits per heavy atom. The Bertz CT molecular complexity index is 537. The van der Waals surface area contributed by atoms with Crippen molar-refractivity contribution in [1.82, 2.24) is 0 Å². The van der Waals surface area contributed by atoms with Crippen LogP contribution in [-0.2, 0) is 0 Å². The first kappa shape index (κ1) is 13.6. The molecule has 2 aromatic rings. The number of rotatable bonds is 4. The lowest BCUT2D eigenvalue weighted by molar-refractivity contribution is 0.580. The summed E-state index contributed by atoms with van der Waals surface area (Å²) < 4.78 is 13.6. The number of nitrogens with two attached hydrogens (primary N) is 1. The zero-order valence-electron chi connectivity index (χ0n) is 11.3. The number of benzene rings is 2. The molecule has 0 aliphatic carbocycles. The van der Waals surface area contributed by atoms with Crippen LogP contribution in [0.3, 0.4) is 0 Å². The van der Waals surface area contributed by atoms with Crippen LogP contribution in [0.1, 0.15) is 17.2 Å². The molecule has 1 unspecified atom stereocenters. The van der Waals surface area contributed by atoms with Gasteiger partial charge in [0.15, 0.2) is 0 Å². The molecule has 100 valence electrons. The molecule has 2 nitrogen and oxygen atoms in total. The average Bonchev–Trinajstić information content (AvgIpc) is 2.39. The van der Waals surface area contributed by atoms with Gasteiger partial charge in [0.2, 0.25) is 0 Å². The van der Waals surface area contributed by atoms with E-state index in [2.05, 4.69) is 19.1 Å². The second-order valence-corrected chi connectivity index (χ2v) is 4.84. The van der Waals surface area contributed by atoms with Crippen molar-refractivity contribution in [2.75, 3.05) is 18.5 Å². The zero-order valence-corrected chi connectivity index (χ0v) is 11.3. The predicted octanol–water partition coefficient (Wildman–Crippen LogP) is 3.27. The van der Waals surface area contributed by atoms with E-state index in [-0.39, 0.29) is 11.9 Å². The van der Waals surface area contributed by atoms with Gasteiger partial charge in [0.25, 0.3) is 0 Å². The Balaban J connectivity index is 2.08. The Hall–Kier alpha value is -1.87. The van der Waals surface area contributed by atoms with E-state index < -0.39 is 0 Å². The van der Waals surface area contributed by atoms with Crippen LogP contribution < -0.4 is 10.6 Å². The third-order valence-corrected chi connectivity index (χ3v) is 3.25. The van der Waals surface area contributed by atoms with Gasteiger partial charge in [-0.1, -0.05) is 35.9 Å². The lowest BCUT2D eigenvalue weighted by Crippen LogP contribution is -2.29. The van der Waals surface area contributed by atoms with E-state index in [4.69, 9.17) is 5.73 Å². The van der Waals surface area contributed by atoms with Gasteiger partial charge in [-0.3, -0.25) is 0 Å². The normalized spacial score (nSPS) is 12.2. The molecule has 2 N–H and O–H groups in total. The molecule has 0 aliphatic heterocycles. The molecule has 0 aromatic heterocycles. The number of anilines is 1. The summed E-state index contributed by atoms with van der Waals surface area (Å²) in [4.78, 5) is 2.04. The van der Waals surface area contributed by atoms with Gasteiger partial charge in [0, 0.05) is 24.8 Å². The number of halogens is 1. The van der Waals surface area contributed by atoms with Gasteiger partial charge < -0.3 is 10.6 Å². The minimum absolute atomic E-state index is 0.243. The van der Waals surface area contributed by atoms with E-state index in [0.717, 1.165) is 5.69 Å². The molecule has 0 amide bonds. The second kappa shape index (κ2) is 5.85. The molecule has 19 heavy (non-hydrogen) atoms. The number of hydrogen-bond acceptors (Lipinski definition) is 2. The Morgan fingerprint density at radius 3 is 2.37 bits per heavy atom. The molecule has 0 bridgehead atoms. The summed E-state index contributed by atoms with van der Waals surface area (Å²) in [6, 6.07) is 14.5. The van der Waals surface area contributed by atoms with E-state index >= 15 is 0 Å². The molecule has 0 heterocycles. The molecule has 0 radical (unpaired) electrons. The van der Waals surface area contributed by atoms with Crippen molar-refractivity contribution in [3.63, 3.8) is 0 Å². The van der Waals surface area contributed by atoms with Crippen LogP contribution >= 0.6 is 0 Å². The highest BCUT2D eigenvalue weighted by Crippen LogP contribution is 2.19. The van der Waals surface area contributed by atoms with E-state index in [9.17, 15) is 4.39 Å². The van der Waals surface area contributed by atoms with Crippen LogP contribution in [0.2, 0.25) is 0 Å². The van der Waals surface area contributed by atoms with Gasteiger partial charge in [0.05, 0.1) is 6.04 Å². The Labute approximate surface area is 113 Å². The standard InChI is InChI=1S/C16H19FN2/c1-12-7-9-13(10-8-12)19(2)11-16(18)14-5-3-4-6-15(14)17/h3-10,16H,11,18H2,1-2H3. The van der Waals surface area contributed by atoms with Crippen molar-refractivity contribution < 1.29 is 4.39 Å². The molecule has 2 rings (SSSR count). The molecule has 2 aromatic carbocycles. The van der Waals surface area contributed by atoms with Crippen molar-refractivity contribution in [3.8, 4) is 0 Å². The molecule has 0 saturated heterocycles. The fraction of sp³-hybridized carbons (Fsp3) is 0.250. The number of likely N-dealkylation sites (N-methyl/N-ethyl adjacent to an activating group) is 1. The minimum atomic E-state index is -0.340. The minimum Gasteiger partial charge on any atom is -0.373 e. The van der Waals surface area contributed by atoms with Gasteiger partial charge in [-0.05, 0) is 25.1 Å². The first-order valence-electron chi connectivity index (χ1n) is 6.36. The van der Waals surface area contributed by atoms with Crippen LogP contribution in [-0.4, -0.2) is 13.6 Å². The molecule has 0 saturated carbocycles. The van der Waals surface area contributed by atoms with Crippen LogP contribution in [0.4, 0.5) is 10.1 Å². The summed E-state index contributed by atoms with van der Waals surface area (Å²) in [5.41, 5.74) is 8.94. The lowest BCUT2D eigenvalue weighted by atomic mass is 10.1. The van der Waals surface area contributed by atoms with Gasteiger partial charge >= 0.3 is 0 Å². The first-order valence-corrected chi connectivity index (χ1v) is 6.36. The third-order valence-electron chi connectivity index (χ3n) is 3.25. The second-order valence-electron chi connectivity index (χ2n) is 4.84. The van der Waals surface area contributed by atoms with Crippen LogP contribution in [0.25, 0.3) is 0 Å². The summed E-state index contributed by atoms with van der Waals surface area (Å²) >= 11 is 0. The molecular formula is C16H19FN2. The lowest BCUT2D eigenvalue weighted by Gasteiger charge is -2.24. The zero-order chi connectivity index (χ0) is 13.8. The van der Waals surface area contributed by atoms with Crippen molar-refractivity contribution in [2.24, 2.45) is 5.73 Å². The van der Waals surface area contributed by atoms with Gasteiger partial charge in [-0.2, -0.15) is 0 Å². The molecular weight excluding hydrogens is 239 g/mol. The maximum atomic E-state index is 13.6. The van der Waals surface area contributed by atoms with Crippen molar-refractivity contribution in [1.29, 1.82) is 0 Å². The highest BCUT2D eigenvalue weighted by Gasteiger charge is 2.13. The van der Waals surface area contributed by atoms with E-state index in [1.807, 2.05) is 30.1 Å². The molecule has 3 heteroatoms. The van der Waals surface area contributed by atoms with Crippen molar-refractivity contribution >= 4 is 5.69 Å². The Kier molecular flexibility index (Phi) is 4.17. The fourth-order valence-corrected chi connectivity index (χ4v) is 2.07. The number of hydrogen-bond donors (Lipinski definition) is 1. The van der Waals surface area contributed by atoms with Crippen molar-refractivity contribution in [2.45, 2.75) is 13.0 Å². The van der Waals surface area contributed by atoms with Crippen LogP contribution in [0.5, 0.6) is 0 Å². The van der Waals surface area contributed by atoms with Gasteiger partial charge in [-0.15, -0.1) is 0 Å². The maximum absolute atomic E-state index is 13.6. The molecule has 0 aliphatic rings. The van der Waals surface area contributed by atoms with E-state index in [1.165, 1.54) is 11.6 Å². The van der Waals surface area contributed by atoms with E-state index in [1.54, 1.807) is 12.1 Å². The largest absolute Gasteiger partial charge is 0.373 e. The SMILES string of the molecule is Cc1ccc(N(C)CC(N)c2ccccc2F)cc1. The first-order chi connectivity index (χ1) is 9.08. The average molecular weight is 258 g/mol. The smallest absolute Gasteiger partial charge is 0.128 e. The monoisotopic (exact) mass is 258 g/mol. The fourth-order valence-electron chi connectivity index (χ4n) is 2.07. The summed E-state index contributed by atoms with van der Waals surface area (Å²) in [6.07, 6.45) is 0. The van der Waals surface area contributed by atoms with E-state index in [0.29, 0.717) is 12.1 Å².